The smallest absolute Gasteiger partial charge is 0.264 e. The molecule has 0 aliphatic heterocycles. The Morgan fingerprint density at radius 1 is 0.923 bits per heavy atom. The van der Waals surface area contributed by atoms with E-state index in [-0.39, 0.29) is 23.3 Å². The first kappa shape index (κ1) is 29.8. The Hall–Kier alpha value is -3.72. The third-order valence-electron chi connectivity index (χ3n) is 6.35. The lowest BCUT2D eigenvalue weighted by molar-refractivity contribution is -0.139. The van der Waals surface area contributed by atoms with E-state index in [0.717, 1.165) is 9.87 Å². The predicted octanol–water partition coefficient (Wildman–Crippen LogP) is 4.83. The van der Waals surface area contributed by atoms with Crippen LogP contribution in [-0.4, -0.2) is 44.3 Å². The van der Waals surface area contributed by atoms with Crippen LogP contribution < -0.4 is 9.62 Å². The maximum atomic E-state index is 13.9. The lowest BCUT2D eigenvalue weighted by Gasteiger charge is -2.32. The third-order valence-corrected chi connectivity index (χ3v) is 8.12. The zero-order valence-electron chi connectivity index (χ0n) is 23.0. The molecule has 0 spiro atoms. The fourth-order valence-electron chi connectivity index (χ4n) is 4.14. The molecule has 0 saturated carbocycles. The van der Waals surface area contributed by atoms with Crippen molar-refractivity contribution < 1.29 is 22.4 Å². The molecule has 0 saturated heterocycles. The summed E-state index contributed by atoms with van der Waals surface area (Å²) >= 11 is 0. The lowest BCUT2D eigenvalue weighted by atomic mass is 10.1. The van der Waals surface area contributed by atoms with Crippen molar-refractivity contribution in [1.82, 2.24) is 10.2 Å². The minimum Gasteiger partial charge on any atom is -0.354 e. The summed E-state index contributed by atoms with van der Waals surface area (Å²) in [4.78, 5) is 28.3. The van der Waals surface area contributed by atoms with Crippen LogP contribution in [0.3, 0.4) is 0 Å². The van der Waals surface area contributed by atoms with Gasteiger partial charge in [-0.2, -0.15) is 0 Å². The molecule has 0 aromatic heterocycles. The van der Waals surface area contributed by atoms with Gasteiger partial charge in [0.25, 0.3) is 10.0 Å². The first-order valence-corrected chi connectivity index (χ1v) is 14.3. The number of carbonyl (C=O) groups excluding carboxylic acids is 2. The molecular formula is C30H36FN3O4S. The molecular weight excluding hydrogens is 517 g/mol. The molecule has 0 aliphatic rings. The number of aryl methyl sites for hydroxylation is 2. The summed E-state index contributed by atoms with van der Waals surface area (Å²) in [5.74, 6) is -1.14. The molecule has 0 radical (unpaired) electrons. The second-order valence-electron chi connectivity index (χ2n) is 10.1. The fraction of sp³-hybridized carbons (Fsp3) is 0.333. The van der Waals surface area contributed by atoms with Gasteiger partial charge in [-0.3, -0.25) is 13.9 Å². The van der Waals surface area contributed by atoms with Crippen LogP contribution >= 0.6 is 0 Å². The highest BCUT2D eigenvalue weighted by atomic mass is 32.2. The molecule has 1 unspecified atom stereocenters. The summed E-state index contributed by atoms with van der Waals surface area (Å²) in [7, 11) is -4.13. The molecule has 9 heteroatoms. The van der Waals surface area contributed by atoms with Crippen LogP contribution in [-0.2, 0) is 26.2 Å². The quantitative estimate of drug-likeness (QED) is 0.369. The maximum Gasteiger partial charge on any atom is 0.264 e. The molecule has 0 heterocycles. The van der Waals surface area contributed by atoms with E-state index in [4.69, 9.17) is 0 Å². The van der Waals surface area contributed by atoms with Gasteiger partial charge >= 0.3 is 0 Å². The molecule has 7 nitrogen and oxygen atoms in total. The molecule has 3 rings (SSSR count). The van der Waals surface area contributed by atoms with Gasteiger partial charge in [-0.25, -0.2) is 12.8 Å². The maximum absolute atomic E-state index is 13.9. The van der Waals surface area contributed by atoms with Gasteiger partial charge in [0, 0.05) is 13.1 Å². The zero-order chi connectivity index (χ0) is 28.7. The Balaban J connectivity index is 2.03. The topological polar surface area (TPSA) is 86.8 Å². The number of hydrogen-bond donors (Lipinski definition) is 1. The van der Waals surface area contributed by atoms with Gasteiger partial charge in [0.15, 0.2) is 0 Å². The van der Waals surface area contributed by atoms with Crippen molar-refractivity contribution in [3.8, 4) is 0 Å². The van der Waals surface area contributed by atoms with Gasteiger partial charge in [-0.1, -0.05) is 61.9 Å². The SMILES string of the molecule is Cc1ccc(N(CC(=O)N(Cc2ccc(F)cc2)C(C)C(=O)NCC(C)C)S(=O)(=O)c2ccccc2)c(C)c1. The van der Waals surface area contributed by atoms with Gasteiger partial charge in [-0.15, -0.1) is 0 Å². The number of benzene rings is 3. The second-order valence-corrected chi connectivity index (χ2v) is 11.9. The summed E-state index contributed by atoms with van der Waals surface area (Å²) in [6, 6.07) is 18.0. The van der Waals surface area contributed by atoms with Crippen molar-refractivity contribution in [3.63, 3.8) is 0 Å². The summed E-state index contributed by atoms with van der Waals surface area (Å²) < 4.78 is 42.3. The Morgan fingerprint density at radius 3 is 2.15 bits per heavy atom. The van der Waals surface area contributed by atoms with Crippen molar-refractivity contribution in [2.24, 2.45) is 5.92 Å². The Morgan fingerprint density at radius 2 is 1.56 bits per heavy atom. The molecule has 0 bridgehead atoms. The van der Waals surface area contributed by atoms with Gasteiger partial charge in [0.2, 0.25) is 11.8 Å². The Labute approximate surface area is 230 Å². The average molecular weight is 554 g/mol. The van der Waals surface area contributed by atoms with Crippen LogP contribution in [0.5, 0.6) is 0 Å². The van der Waals surface area contributed by atoms with Gasteiger partial charge in [0.05, 0.1) is 10.6 Å². The Bertz CT molecular complexity index is 1390. The van der Waals surface area contributed by atoms with Gasteiger partial charge in [0.1, 0.15) is 18.4 Å². The number of carbonyl (C=O) groups is 2. The first-order chi connectivity index (χ1) is 18.4. The lowest BCUT2D eigenvalue weighted by Crippen LogP contribution is -2.51. The summed E-state index contributed by atoms with van der Waals surface area (Å²) in [6.07, 6.45) is 0. The number of sulfonamides is 1. The molecule has 2 amide bonds. The molecule has 0 fully saturated rings. The van der Waals surface area contributed by atoms with E-state index in [1.165, 1.54) is 41.3 Å². The van der Waals surface area contributed by atoms with E-state index in [1.807, 2.05) is 26.8 Å². The summed E-state index contributed by atoms with van der Waals surface area (Å²) in [5.41, 5.74) is 2.62. The van der Waals surface area contributed by atoms with Crippen LogP contribution in [0.2, 0.25) is 0 Å². The molecule has 1 N–H and O–H groups in total. The number of nitrogens with one attached hydrogen (secondary N) is 1. The number of amides is 2. The van der Waals surface area contributed by atoms with Crippen molar-refractivity contribution in [1.29, 1.82) is 0 Å². The molecule has 39 heavy (non-hydrogen) atoms. The Kier molecular flexibility index (Phi) is 9.86. The van der Waals surface area contributed by atoms with Gasteiger partial charge < -0.3 is 10.2 Å². The standard InChI is InChI=1S/C30H36FN3O4S/c1-21(2)18-32-30(36)24(5)33(19-25-12-14-26(31)15-13-25)29(35)20-34(28-16-11-22(3)17-23(28)4)39(37,38)27-9-7-6-8-10-27/h6-17,21,24H,18-20H2,1-5H3,(H,32,36). The summed E-state index contributed by atoms with van der Waals surface area (Å²) in [5, 5.41) is 2.84. The number of anilines is 1. The van der Waals surface area contributed by atoms with Gasteiger partial charge in [-0.05, 0) is 68.1 Å². The minimum absolute atomic E-state index is 0.00147. The minimum atomic E-state index is -4.13. The van der Waals surface area contributed by atoms with Crippen molar-refractivity contribution in [2.45, 2.75) is 52.1 Å². The fourth-order valence-corrected chi connectivity index (χ4v) is 5.64. The summed E-state index contributed by atoms with van der Waals surface area (Å²) in [6.45, 7) is 9.12. The van der Waals surface area contributed by atoms with Crippen LogP contribution in [0.4, 0.5) is 10.1 Å². The van der Waals surface area contributed by atoms with Crippen molar-refractivity contribution in [2.75, 3.05) is 17.4 Å². The van der Waals surface area contributed by atoms with E-state index in [0.29, 0.717) is 23.4 Å². The van der Waals surface area contributed by atoms with E-state index in [9.17, 15) is 22.4 Å². The number of nitrogens with zero attached hydrogens (tertiary/aromatic N) is 2. The highest BCUT2D eigenvalue weighted by Crippen LogP contribution is 2.28. The second kappa shape index (κ2) is 12.9. The molecule has 3 aromatic carbocycles. The van der Waals surface area contributed by atoms with Crippen LogP contribution in [0.25, 0.3) is 0 Å². The number of hydrogen-bond acceptors (Lipinski definition) is 4. The highest BCUT2D eigenvalue weighted by molar-refractivity contribution is 7.92. The van der Waals surface area contributed by atoms with Crippen LogP contribution in [0.15, 0.2) is 77.7 Å². The first-order valence-electron chi connectivity index (χ1n) is 12.9. The number of halogens is 1. The van der Waals surface area contributed by atoms with Crippen molar-refractivity contribution >= 4 is 27.5 Å². The normalized spacial score (nSPS) is 12.2. The molecule has 3 aromatic rings. The largest absolute Gasteiger partial charge is 0.354 e. The molecule has 0 aliphatic carbocycles. The third kappa shape index (κ3) is 7.66. The van der Waals surface area contributed by atoms with E-state index in [1.54, 1.807) is 44.2 Å². The van der Waals surface area contributed by atoms with Crippen LogP contribution in [0.1, 0.15) is 37.5 Å². The van der Waals surface area contributed by atoms with Crippen molar-refractivity contribution in [3.05, 3.63) is 95.3 Å². The highest BCUT2D eigenvalue weighted by Gasteiger charge is 2.33. The monoisotopic (exact) mass is 553 g/mol. The molecule has 1 atom stereocenters. The van der Waals surface area contributed by atoms with E-state index in [2.05, 4.69) is 5.32 Å². The molecule has 208 valence electrons. The van der Waals surface area contributed by atoms with Crippen LogP contribution in [0, 0.1) is 25.6 Å². The average Bonchev–Trinajstić information content (AvgIpc) is 2.90. The number of rotatable bonds is 11. The zero-order valence-corrected chi connectivity index (χ0v) is 23.8. The predicted molar refractivity (Wildman–Crippen MR) is 151 cm³/mol. The van der Waals surface area contributed by atoms with E-state index < -0.39 is 34.3 Å². The van der Waals surface area contributed by atoms with E-state index >= 15 is 0 Å².